The lowest BCUT2D eigenvalue weighted by Crippen LogP contribution is -2.54. The van der Waals surface area contributed by atoms with Gasteiger partial charge in [0.2, 0.25) is 5.91 Å². The summed E-state index contributed by atoms with van der Waals surface area (Å²) in [6.45, 7) is 10.4. The Morgan fingerprint density at radius 1 is 1.35 bits per heavy atom. The van der Waals surface area contributed by atoms with E-state index in [0.29, 0.717) is 33.0 Å². The highest BCUT2D eigenvalue weighted by atomic mass is 16.7. The summed E-state index contributed by atoms with van der Waals surface area (Å²) in [4.78, 5) is 14.2. The molecule has 1 atom stereocenters. The molecule has 0 bridgehead atoms. The smallest absolute Gasteiger partial charge is 0.239 e. The molecule has 0 aromatic rings. The number of amides is 1. The lowest BCUT2D eigenvalue weighted by molar-refractivity contribution is -0.148. The van der Waals surface area contributed by atoms with E-state index in [1.807, 2.05) is 20.8 Å². The van der Waals surface area contributed by atoms with E-state index in [1.54, 1.807) is 0 Å². The van der Waals surface area contributed by atoms with Crippen molar-refractivity contribution in [2.45, 2.75) is 39.5 Å². The standard InChI is InChI=1S/C14H28N2O4/c1-4-15-14(17)12-11-18-10-9-16(12)8-7-13(19-5-2)20-6-3/h12-13H,4-11H2,1-3H3,(H,15,17). The van der Waals surface area contributed by atoms with Gasteiger partial charge >= 0.3 is 0 Å². The predicted octanol–water partition coefficient (Wildman–Crippen LogP) is 0.613. The molecule has 118 valence electrons. The molecule has 1 unspecified atom stereocenters. The molecule has 20 heavy (non-hydrogen) atoms. The number of carbonyl (C=O) groups is 1. The van der Waals surface area contributed by atoms with Crippen LogP contribution in [0.25, 0.3) is 0 Å². The van der Waals surface area contributed by atoms with Crippen molar-refractivity contribution in [1.82, 2.24) is 10.2 Å². The van der Waals surface area contributed by atoms with Crippen LogP contribution >= 0.6 is 0 Å². The molecule has 1 fully saturated rings. The van der Waals surface area contributed by atoms with Gasteiger partial charge in [0.25, 0.3) is 0 Å². The first-order valence-electron chi connectivity index (χ1n) is 7.55. The van der Waals surface area contributed by atoms with Crippen molar-refractivity contribution in [3.8, 4) is 0 Å². The van der Waals surface area contributed by atoms with Crippen LogP contribution in [0.3, 0.4) is 0 Å². The average Bonchev–Trinajstić information content (AvgIpc) is 2.46. The maximum atomic E-state index is 12.0. The third kappa shape index (κ3) is 5.75. The molecule has 0 radical (unpaired) electrons. The molecule has 1 heterocycles. The van der Waals surface area contributed by atoms with Crippen LogP contribution in [0.15, 0.2) is 0 Å². The van der Waals surface area contributed by atoms with E-state index in [4.69, 9.17) is 14.2 Å². The Balaban J connectivity index is 2.46. The van der Waals surface area contributed by atoms with Gasteiger partial charge in [0.1, 0.15) is 6.04 Å². The number of morpholine rings is 1. The number of nitrogens with zero attached hydrogens (tertiary/aromatic N) is 1. The van der Waals surface area contributed by atoms with Crippen LogP contribution in [0, 0.1) is 0 Å². The second kappa shape index (κ2) is 10.1. The monoisotopic (exact) mass is 288 g/mol. The van der Waals surface area contributed by atoms with E-state index in [-0.39, 0.29) is 18.2 Å². The van der Waals surface area contributed by atoms with Crippen molar-refractivity contribution in [3.63, 3.8) is 0 Å². The lowest BCUT2D eigenvalue weighted by Gasteiger charge is -2.35. The summed E-state index contributed by atoms with van der Waals surface area (Å²) < 4.78 is 16.5. The normalized spacial score (nSPS) is 20.3. The number of rotatable bonds is 9. The number of hydrogen-bond acceptors (Lipinski definition) is 5. The van der Waals surface area contributed by atoms with Crippen LogP contribution in [0.5, 0.6) is 0 Å². The predicted molar refractivity (Wildman–Crippen MR) is 76.5 cm³/mol. The van der Waals surface area contributed by atoms with Gasteiger partial charge in [-0.1, -0.05) is 0 Å². The summed E-state index contributed by atoms with van der Waals surface area (Å²) in [5.74, 6) is 0.0385. The third-order valence-electron chi connectivity index (χ3n) is 3.25. The maximum Gasteiger partial charge on any atom is 0.239 e. The number of nitrogens with one attached hydrogen (secondary N) is 1. The van der Waals surface area contributed by atoms with Crippen LogP contribution in [0.2, 0.25) is 0 Å². The van der Waals surface area contributed by atoms with Gasteiger partial charge in [-0.3, -0.25) is 9.69 Å². The summed E-state index contributed by atoms with van der Waals surface area (Å²) in [5, 5.41) is 2.86. The molecule has 1 amide bonds. The van der Waals surface area contributed by atoms with Gasteiger partial charge in [0.15, 0.2) is 6.29 Å². The molecule has 1 aliphatic rings. The second-order valence-electron chi connectivity index (χ2n) is 4.65. The van der Waals surface area contributed by atoms with Crippen molar-refractivity contribution in [1.29, 1.82) is 0 Å². The molecule has 0 aromatic heterocycles. The zero-order valence-corrected chi connectivity index (χ0v) is 12.9. The maximum absolute atomic E-state index is 12.0. The van der Waals surface area contributed by atoms with Crippen LogP contribution < -0.4 is 5.32 Å². The topological polar surface area (TPSA) is 60.0 Å². The van der Waals surface area contributed by atoms with Crippen molar-refractivity contribution >= 4 is 5.91 Å². The van der Waals surface area contributed by atoms with Gasteiger partial charge in [-0.2, -0.15) is 0 Å². The minimum atomic E-state index is -0.201. The molecule has 1 N–H and O–H groups in total. The van der Waals surface area contributed by atoms with Crippen molar-refractivity contribution in [2.75, 3.05) is 46.1 Å². The summed E-state index contributed by atoms with van der Waals surface area (Å²) in [5.41, 5.74) is 0. The van der Waals surface area contributed by atoms with Crippen molar-refractivity contribution in [3.05, 3.63) is 0 Å². The minimum absolute atomic E-state index is 0.0385. The number of carbonyl (C=O) groups excluding carboxylic acids is 1. The first-order chi connectivity index (χ1) is 9.72. The number of ether oxygens (including phenoxy) is 3. The van der Waals surface area contributed by atoms with Crippen molar-refractivity contribution in [2.24, 2.45) is 0 Å². The van der Waals surface area contributed by atoms with Gasteiger partial charge in [0.05, 0.1) is 13.2 Å². The van der Waals surface area contributed by atoms with Crippen LogP contribution in [-0.4, -0.2) is 69.2 Å². The van der Waals surface area contributed by atoms with Gasteiger partial charge < -0.3 is 19.5 Å². The van der Waals surface area contributed by atoms with Gasteiger partial charge in [0, 0.05) is 39.3 Å². The Bertz CT molecular complexity index is 270. The average molecular weight is 288 g/mol. The number of likely N-dealkylation sites (N-methyl/N-ethyl adjacent to an activating group) is 1. The fraction of sp³-hybridized carbons (Fsp3) is 0.929. The van der Waals surface area contributed by atoms with E-state index < -0.39 is 0 Å². The van der Waals surface area contributed by atoms with Crippen molar-refractivity contribution < 1.29 is 19.0 Å². The molecule has 1 aliphatic heterocycles. The molecule has 1 saturated heterocycles. The van der Waals surface area contributed by atoms with E-state index in [0.717, 1.165) is 19.5 Å². The van der Waals surface area contributed by atoms with Crippen LogP contribution in [0.4, 0.5) is 0 Å². The molecule has 6 nitrogen and oxygen atoms in total. The SMILES string of the molecule is CCNC(=O)C1COCCN1CCC(OCC)OCC. The highest BCUT2D eigenvalue weighted by Gasteiger charge is 2.29. The largest absolute Gasteiger partial charge is 0.378 e. The Morgan fingerprint density at radius 2 is 2.05 bits per heavy atom. The van der Waals surface area contributed by atoms with E-state index in [1.165, 1.54) is 0 Å². The zero-order valence-electron chi connectivity index (χ0n) is 12.9. The van der Waals surface area contributed by atoms with Crippen LogP contribution in [-0.2, 0) is 19.0 Å². The Hall–Kier alpha value is -0.690. The van der Waals surface area contributed by atoms with Gasteiger partial charge in [-0.25, -0.2) is 0 Å². The second-order valence-corrected chi connectivity index (χ2v) is 4.65. The number of hydrogen-bond donors (Lipinski definition) is 1. The Morgan fingerprint density at radius 3 is 2.65 bits per heavy atom. The third-order valence-corrected chi connectivity index (χ3v) is 3.25. The molecule has 0 spiro atoms. The molecule has 0 aromatic carbocycles. The van der Waals surface area contributed by atoms with Gasteiger partial charge in [-0.15, -0.1) is 0 Å². The summed E-state index contributed by atoms with van der Waals surface area (Å²) in [7, 11) is 0. The first kappa shape index (κ1) is 17.4. The fourth-order valence-corrected chi connectivity index (χ4v) is 2.30. The summed E-state index contributed by atoms with van der Waals surface area (Å²) >= 11 is 0. The fourth-order valence-electron chi connectivity index (χ4n) is 2.30. The highest BCUT2D eigenvalue weighted by Crippen LogP contribution is 2.11. The molecule has 0 saturated carbocycles. The van der Waals surface area contributed by atoms with Gasteiger partial charge in [-0.05, 0) is 20.8 Å². The molecule has 6 heteroatoms. The van der Waals surface area contributed by atoms with E-state index >= 15 is 0 Å². The summed E-state index contributed by atoms with van der Waals surface area (Å²) in [6, 6.07) is -0.201. The van der Waals surface area contributed by atoms with E-state index in [2.05, 4.69) is 10.2 Å². The highest BCUT2D eigenvalue weighted by molar-refractivity contribution is 5.81. The summed E-state index contributed by atoms with van der Waals surface area (Å²) in [6.07, 6.45) is 0.570. The molecular formula is C14H28N2O4. The minimum Gasteiger partial charge on any atom is -0.378 e. The molecule has 0 aliphatic carbocycles. The Labute approximate surface area is 121 Å². The Kier molecular flexibility index (Phi) is 8.77. The lowest BCUT2D eigenvalue weighted by atomic mass is 10.2. The molecule has 1 rings (SSSR count). The molecular weight excluding hydrogens is 260 g/mol. The quantitative estimate of drug-likeness (QED) is 0.630. The first-order valence-corrected chi connectivity index (χ1v) is 7.55. The zero-order chi connectivity index (χ0) is 14.8. The van der Waals surface area contributed by atoms with E-state index in [9.17, 15) is 4.79 Å². The van der Waals surface area contributed by atoms with Crippen LogP contribution in [0.1, 0.15) is 27.2 Å².